The van der Waals surface area contributed by atoms with Gasteiger partial charge in [-0.1, -0.05) is 54.6 Å². The molecular formula is C26H31N3. The van der Waals surface area contributed by atoms with E-state index in [9.17, 15) is 0 Å². The van der Waals surface area contributed by atoms with Gasteiger partial charge in [0.25, 0.3) is 0 Å². The molecule has 1 unspecified atom stereocenters. The van der Waals surface area contributed by atoms with E-state index in [1.165, 1.54) is 28.8 Å². The molecule has 0 aliphatic carbocycles. The van der Waals surface area contributed by atoms with Crippen molar-refractivity contribution in [3.8, 4) is 11.3 Å². The first-order chi connectivity index (χ1) is 13.9. The SMILES string of the molecule is CC1CCc2cccc(-c3cccc([C@@H](NC(C)(C)C)c4ccccc4)n3)c2N1. The maximum Gasteiger partial charge on any atom is 0.0755 e. The molecule has 2 heterocycles. The summed E-state index contributed by atoms with van der Waals surface area (Å²) < 4.78 is 0. The van der Waals surface area contributed by atoms with Crippen LogP contribution < -0.4 is 10.6 Å². The zero-order chi connectivity index (χ0) is 20.4. The van der Waals surface area contributed by atoms with Crippen molar-refractivity contribution in [1.29, 1.82) is 0 Å². The van der Waals surface area contributed by atoms with Crippen molar-refractivity contribution in [2.45, 2.75) is 58.2 Å². The highest BCUT2D eigenvalue weighted by Crippen LogP contribution is 2.35. The van der Waals surface area contributed by atoms with E-state index in [4.69, 9.17) is 4.98 Å². The Kier molecular flexibility index (Phi) is 5.42. The largest absolute Gasteiger partial charge is 0.382 e. The summed E-state index contributed by atoms with van der Waals surface area (Å²) in [5.41, 5.74) is 7.10. The van der Waals surface area contributed by atoms with Gasteiger partial charge in [-0.2, -0.15) is 0 Å². The van der Waals surface area contributed by atoms with Crippen LogP contribution in [0.15, 0.2) is 66.7 Å². The molecule has 29 heavy (non-hydrogen) atoms. The van der Waals surface area contributed by atoms with E-state index >= 15 is 0 Å². The number of para-hydroxylation sites is 1. The summed E-state index contributed by atoms with van der Waals surface area (Å²) in [6.07, 6.45) is 2.30. The van der Waals surface area contributed by atoms with Gasteiger partial charge in [-0.3, -0.25) is 4.98 Å². The van der Waals surface area contributed by atoms with Crippen molar-refractivity contribution in [1.82, 2.24) is 10.3 Å². The summed E-state index contributed by atoms with van der Waals surface area (Å²) in [6, 6.07) is 24.1. The Morgan fingerprint density at radius 3 is 2.48 bits per heavy atom. The van der Waals surface area contributed by atoms with Crippen LogP contribution in [0.3, 0.4) is 0 Å². The van der Waals surface area contributed by atoms with E-state index in [1.54, 1.807) is 0 Å². The fourth-order valence-electron chi connectivity index (χ4n) is 4.05. The zero-order valence-electron chi connectivity index (χ0n) is 17.9. The van der Waals surface area contributed by atoms with Gasteiger partial charge in [-0.25, -0.2) is 0 Å². The maximum atomic E-state index is 5.13. The summed E-state index contributed by atoms with van der Waals surface area (Å²) in [6.45, 7) is 8.85. The second-order valence-electron chi connectivity index (χ2n) is 9.11. The van der Waals surface area contributed by atoms with Gasteiger partial charge in [0, 0.05) is 22.8 Å². The summed E-state index contributed by atoms with van der Waals surface area (Å²) in [5, 5.41) is 7.45. The highest BCUT2D eigenvalue weighted by Gasteiger charge is 2.23. The number of aromatic nitrogens is 1. The number of anilines is 1. The van der Waals surface area contributed by atoms with Crippen molar-refractivity contribution < 1.29 is 0 Å². The molecular weight excluding hydrogens is 354 g/mol. The van der Waals surface area contributed by atoms with Crippen LogP contribution in [0.2, 0.25) is 0 Å². The van der Waals surface area contributed by atoms with Gasteiger partial charge in [0.15, 0.2) is 0 Å². The van der Waals surface area contributed by atoms with E-state index in [1.807, 2.05) is 0 Å². The van der Waals surface area contributed by atoms with Crippen LogP contribution in [0.5, 0.6) is 0 Å². The van der Waals surface area contributed by atoms with E-state index in [0.29, 0.717) is 6.04 Å². The third-order valence-corrected chi connectivity index (χ3v) is 5.44. The number of aryl methyl sites for hydroxylation is 1. The number of rotatable bonds is 4. The van der Waals surface area contributed by atoms with Gasteiger partial charge in [0.2, 0.25) is 0 Å². The molecule has 1 aromatic heterocycles. The average molecular weight is 386 g/mol. The molecule has 1 aliphatic heterocycles. The number of nitrogens with one attached hydrogen (secondary N) is 2. The molecule has 0 amide bonds. The fourth-order valence-corrected chi connectivity index (χ4v) is 4.05. The van der Waals surface area contributed by atoms with Crippen molar-refractivity contribution in [2.75, 3.05) is 5.32 Å². The van der Waals surface area contributed by atoms with Crippen LogP contribution in [-0.4, -0.2) is 16.6 Å². The average Bonchev–Trinajstić information content (AvgIpc) is 2.71. The van der Waals surface area contributed by atoms with Gasteiger partial charge in [0.1, 0.15) is 0 Å². The van der Waals surface area contributed by atoms with E-state index < -0.39 is 0 Å². The van der Waals surface area contributed by atoms with Crippen LogP contribution in [0.1, 0.15) is 57.0 Å². The minimum atomic E-state index is -0.0267. The Balaban J connectivity index is 1.77. The zero-order valence-corrected chi connectivity index (χ0v) is 17.9. The molecule has 4 rings (SSSR count). The van der Waals surface area contributed by atoms with Gasteiger partial charge >= 0.3 is 0 Å². The van der Waals surface area contributed by atoms with Gasteiger partial charge in [0.05, 0.1) is 17.4 Å². The summed E-state index contributed by atoms with van der Waals surface area (Å²) in [7, 11) is 0. The molecule has 0 radical (unpaired) electrons. The lowest BCUT2D eigenvalue weighted by atomic mass is 9.94. The molecule has 3 heteroatoms. The molecule has 0 fully saturated rings. The van der Waals surface area contributed by atoms with Crippen molar-refractivity contribution >= 4 is 5.69 Å². The molecule has 0 saturated heterocycles. The number of fused-ring (bicyclic) bond motifs is 1. The minimum Gasteiger partial charge on any atom is -0.382 e. The molecule has 0 saturated carbocycles. The highest BCUT2D eigenvalue weighted by molar-refractivity contribution is 5.79. The van der Waals surface area contributed by atoms with Crippen LogP contribution in [0.25, 0.3) is 11.3 Å². The third kappa shape index (κ3) is 4.51. The van der Waals surface area contributed by atoms with E-state index in [2.05, 4.69) is 105 Å². The fraction of sp³-hybridized carbons (Fsp3) is 0.346. The first-order valence-electron chi connectivity index (χ1n) is 10.6. The van der Waals surface area contributed by atoms with Crippen LogP contribution in [-0.2, 0) is 6.42 Å². The van der Waals surface area contributed by atoms with E-state index in [0.717, 1.165) is 17.8 Å². The number of benzene rings is 2. The molecule has 3 aromatic rings. The molecule has 2 aromatic carbocycles. The highest BCUT2D eigenvalue weighted by atomic mass is 15.0. The quantitative estimate of drug-likeness (QED) is 0.581. The van der Waals surface area contributed by atoms with Crippen molar-refractivity contribution in [3.05, 3.63) is 83.6 Å². The summed E-state index contributed by atoms with van der Waals surface area (Å²) >= 11 is 0. The van der Waals surface area contributed by atoms with Crippen LogP contribution in [0, 0.1) is 0 Å². The second-order valence-corrected chi connectivity index (χ2v) is 9.11. The smallest absolute Gasteiger partial charge is 0.0755 e. The Morgan fingerprint density at radius 1 is 0.966 bits per heavy atom. The van der Waals surface area contributed by atoms with Gasteiger partial charge in [-0.15, -0.1) is 0 Å². The number of hydrogen-bond acceptors (Lipinski definition) is 3. The second kappa shape index (κ2) is 8.00. The Labute approximate surface area is 174 Å². The molecule has 150 valence electrons. The number of pyridine rings is 1. The lowest BCUT2D eigenvalue weighted by molar-refractivity contribution is 0.387. The Bertz CT molecular complexity index is 973. The molecule has 3 nitrogen and oxygen atoms in total. The lowest BCUT2D eigenvalue weighted by Crippen LogP contribution is -2.39. The topological polar surface area (TPSA) is 37.0 Å². The number of hydrogen-bond donors (Lipinski definition) is 2. The monoisotopic (exact) mass is 385 g/mol. The third-order valence-electron chi connectivity index (χ3n) is 5.44. The molecule has 2 N–H and O–H groups in total. The minimum absolute atomic E-state index is 0.0267. The summed E-state index contributed by atoms with van der Waals surface area (Å²) in [5.74, 6) is 0. The molecule has 1 aliphatic rings. The van der Waals surface area contributed by atoms with E-state index in [-0.39, 0.29) is 11.6 Å². The standard InChI is InChI=1S/C26H31N3/c1-18-16-17-20-12-8-13-21(24(20)27-18)22-14-9-15-23(28-22)25(29-26(2,3)4)19-10-6-5-7-11-19/h5-15,18,25,27,29H,16-17H2,1-4H3/t18?,25-/m0/s1. The Morgan fingerprint density at radius 2 is 1.72 bits per heavy atom. The Hall–Kier alpha value is -2.65. The van der Waals surface area contributed by atoms with Gasteiger partial charge in [-0.05, 0) is 63.8 Å². The lowest BCUT2D eigenvalue weighted by Gasteiger charge is -2.29. The molecule has 2 atom stereocenters. The molecule has 0 spiro atoms. The first-order valence-corrected chi connectivity index (χ1v) is 10.6. The first kappa shape index (κ1) is 19.7. The molecule has 0 bridgehead atoms. The predicted molar refractivity (Wildman–Crippen MR) is 122 cm³/mol. The predicted octanol–water partition coefficient (Wildman–Crippen LogP) is 5.97. The normalized spacial score (nSPS) is 17.3. The number of nitrogens with zero attached hydrogens (tertiary/aromatic N) is 1. The maximum absolute atomic E-state index is 5.13. The van der Waals surface area contributed by atoms with Crippen molar-refractivity contribution in [2.24, 2.45) is 0 Å². The van der Waals surface area contributed by atoms with Crippen LogP contribution in [0.4, 0.5) is 5.69 Å². The summed E-state index contributed by atoms with van der Waals surface area (Å²) in [4.78, 5) is 5.13. The van der Waals surface area contributed by atoms with Crippen molar-refractivity contribution in [3.63, 3.8) is 0 Å². The van der Waals surface area contributed by atoms with Gasteiger partial charge < -0.3 is 10.6 Å². The van der Waals surface area contributed by atoms with Crippen LogP contribution >= 0.6 is 0 Å².